The molecule has 2 aromatic carbocycles. The first-order chi connectivity index (χ1) is 40.1. The fourth-order valence-corrected chi connectivity index (χ4v) is 11.8. The molecule has 3 N–H and O–H groups in total. The van der Waals surface area contributed by atoms with Crippen LogP contribution >= 0.6 is 0 Å². The zero-order chi connectivity index (χ0) is 58.1. The summed E-state index contributed by atoms with van der Waals surface area (Å²) in [5.74, 6) is -3.47. The lowest BCUT2D eigenvalue weighted by Crippen LogP contribution is -2.48. The normalized spacial score (nSPS) is 18.4. The number of halogens is 4. The molecule has 12 rings (SSSR count). The second-order valence-corrected chi connectivity index (χ2v) is 21.8. The predicted octanol–water partition coefficient (Wildman–Crippen LogP) is 8.94. The minimum absolute atomic E-state index is 0.0515. The molecule has 1 amide bonds. The number of pyridine rings is 6. The Hall–Kier alpha value is -8.63. The van der Waals surface area contributed by atoms with Gasteiger partial charge in [0.25, 0.3) is 0 Å². The molecule has 4 unspecified atom stereocenters. The summed E-state index contributed by atoms with van der Waals surface area (Å²) >= 11 is 0. The Morgan fingerprint density at radius 2 is 1.20 bits per heavy atom. The number of hydrogen-bond acceptors (Lipinski definition) is 15. The van der Waals surface area contributed by atoms with Gasteiger partial charge in [-0.05, 0) is 105 Å². The van der Waals surface area contributed by atoms with Crippen LogP contribution in [0.5, 0.6) is 17.4 Å². The Balaban J connectivity index is 0.000000175. The summed E-state index contributed by atoms with van der Waals surface area (Å²) < 4.78 is 78.4. The average molecular weight is 1140 g/mol. The van der Waals surface area contributed by atoms with Gasteiger partial charge in [0.05, 0.1) is 64.8 Å². The molecular weight excluding hydrogens is 1070 g/mol. The minimum atomic E-state index is -1.11. The number of piperidine rings is 2. The summed E-state index contributed by atoms with van der Waals surface area (Å²) in [4.78, 5) is 65.1. The molecule has 0 saturated carbocycles. The van der Waals surface area contributed by atoms with E-state index in [1.165, 1.54) is 6.92 Å². The fourth-order valence-electron chi connectivity index (χ4n) is 11.8. The Kier molecular flexibility index (Phi) is 16.3. The van der Waals surface area contributed by atoms with Gasteiger partial charge in [-0.15, -0.1) is 0 Å². The van der Waals surface area contributed by atoms with E-state index in [1.807, 2.05) is 59.4 Å². The van der Waals surface area contributed by atoms with Crippen LogP contribution in [0.25, 0.3) is 21.8 Å². The average Bonchev–Trinajstić information content (AvgIpc) is 3.41. The lowest BCUT2D eigenvalue weighted by Gasteiger charge is -2.40. The van der Waals surface area contributed by atoms with Crippen LogP contribution in [-0.2, 0) is 31.0 Å². The molecule has 432 valence electrons. The number of carbonyl (C=O) groups is 1. The minimum Gasteiger partial charge on any atom is -0.486 e. The fraction of sp³-hybridized carbons (Fsp3) is 0.361. The molecule has 10 heterocycles. The monoisotopic (exact) mass is 1140 g/mol. The zero-order valence-corrected chi connectivity index (χ0v) is 46.5. The number of rotatable bonds is 14. The number of amides is 1. The molecule has 0 aliphatic carbocycles. The lowest BCUT2D eigenvalue weighted by atomic mass is 10.0. The van der Waals surface area contributed by atoms with E-state index in [9.17, 15) is 31.9 Å². The summed E-state index contributed by atoms with van der Waals surface area (Å²) in [7, 11) is 1.57. The highest BCUT2D eigenvalue weighted by Gasteiger charge is 2.33. The van der Waals surface area contributed by atoms with Crippen LogP contribution < -0.4 is 45.9 Å². The number of nitrogens with one attached hydrogen (secondary N) is 1. The van der Waals surface area contributed by atoms with Gasteiger partial charge in [0, 0.05) is 120 Å². The summed E-state index contributed by atoms with van der Waals surface area (Å²) in [6.07, 6.45) is 16.1. The number of methoxy groups -OCH3 is 1. The zero-order valence-electron chi connectivity index (χ0n) is 46.5. The predicted molar refractivity (Wildman–Crippen MR) is 308 cm³/mol. The van der Waals surface area contributed by atoms with Crippen LogP contribution in [-0.4, -0.2) is 103 Å². The number of anilines is 4. The smallest absolute Gasteiger partial charge is 0.222 e. The first kappa shape index (κ1) is 56.2. The van der Waals surface area contributed by atoms with Gasteiger partial charge in [0.1, 0.15) is 24.8 Å². The molecule has 83 heavy (non-hydrogen) atoms. The Bertz CT molecular complexity index is 3820. The molecule has 4 atom stereocenters. The number of aromatic nitrogens is 6. The van der Waals surface area contributed by atoms with Gasteiger partial charge in [-0.25, -0.2) is 23.7 Å². The van der Waals surface area contributed by atoms with Gasteiger partial charge in [-0.2, -0.15) is 8.78 Å². The van der Waals surface area contributed by atoms with Crippen LogP contribution in [0.1, 0.15) is 80.8 Å². The standard InChI is InChI=1S/C32H34F2N6O4.C29H30F2N6O2/c1-19-18-44-32-29(34)26(33)12-25-30(32)40(19)16-22(31(25)42)15-39(14-21-8-9-35-28(11-21)43-3)24-5-4-10-38(17-24)23-6-7-27(36-13-23)37-20(2)41;1-18-17-39-29-26(31)24(30)11-23-27(29)37(18)15-20(28(23)38)14-36(13-19-6-8-33-9-7-19)22-3-2-10-35(16-22)21-4-5-25(32)34-12-21/h6-9,11-13,16,19,24H,4-5,10,14-15,17-18H2,1-3H3,(H,36,37,41);4-9,11-12,15,18,22H,2-3,10,13-14,16-17H2,1H3,(H2,32,34). The van der Waals surface area contributed by atoms with Crippen molar-refractivity contribution in [3.63, 3.8) is 0 Å². The van der Waals surface area contributed by atoms with E-state index in [-0.39, 0.29) is 81.9 Å². The lowest BCUT2D eigenvalue weighted by molar-refractivity contribution is -0.114. The molecule has 4 aliphatic rings. The quantitative estimate of drug-likeness (QED) is 0.0981. The molecule has 0 spiro atoms. The van der Waals surface area contributed by atoms with Gasteiger partial charge in [-0.1, -0.05) is 0 Å². The van der Waals surface area contributed by atoms with Crippen molar-refractivity contribution < 1.29 is 36.6 Å². The topological polar surface area (TPSA) is 191 Å². The van der Waals surface area contributed by atoms with E-state index in [0.29, 0.717) is 66.9 Å². The molecular formula is C61H64F4N12O6. The molecule has 2 fully saturated rings. The maximum atomic E-state index is 14.7. The highest BCUT2D eigenvalue weighted by Crippen LogP contribution is 2.38. The largest absolute Gasteiger partial charge is 0.486 e. The first-order valence-electron chi connectivity index (χ1n) is 27.8. The van der Waals surface area contributed by atoms with Crippen molar-refractivity contribution >= 4 is 50.7 Å². The highest BCUT2D eigenvalue weighted by atomic mass is 19.2. The molecule has 0 radical (unpaired) electrons. The third-order valence-corrected chi connectivity index (χ3v) is 16.0. The van der Waals surface area contributed by atoms with Crippen LogP contribution in [0.15, 0.2) is 114 Å². The van der Waals surface area contributed by atoms with E-state index < -0.39 is 23.3 Å². The number of carbonyl (C=O) groups excluding carboxylic acids is 1. The Morgan fingerprint density at radius 1 is 0.687 bits per heavy atom. The number of benzene rings is 2. The van der Waals surface area contributed by atoms with Crippen LogP contribution in [0.3, 0.4) is 0 Å². The van der Waals surface area contributed by atoms with Gasteiger partial charge >= 0.3 is 0 Å². The van der Waals surface area contributed by atoms with Crippen molar-refractivity contribution in [1.29, 1.82) is 0 Å². The van der Waals surface area contributed by atoms with Crippen LogP contribution in [0.2, 0.25) is 0 Å². The Morgan fingerprint density at radius 3 is 1.70 bits per heavy atom. The van der Waals surface area contributed by atoms with Gasteiger partial charge < -0.3 is 44.2 Å². The summed E-state index contributed by atoms with van der Waals surface area (Å²) in [5.41, 5.74) is 10.7. The van der Waals surface area contributed by atoms with E-state index >= 15 is 0 Å². The molecule has 8 aromatic rings. The molecule has 6 aromatic heterocycles. The molecule has 2 saturated heterocycles. The number of nitrogen functional groups attached to an aromatic ring is 1. The van der Waals surface area contributed by atoms with E-state index in [1.54, 1.807) is 62.6 Å². The van der Waals surface area contributed by atoms with Crippen molar-refractivity contribution in [3.8, 4) is 17.4 Å². The van der Waals surface area contributed by atoms with E-state index in [2.05, 4.69) is 44.9 Å². The molecule has 0 bridgehead atoms. The third-order valence-electron chi connectivity index (χ3n) is 16.0. The van der Waals surface area contributed by atoms with Gasteiger partial charge in [0.2, 0.25) is 23.4 Å². The third kappa shape index (κ3) is 11.9. The van der Waals surface area contributed by atoms with Crippen molar-refractivity contribution in [2.75, 3.05) is 67.4 Å². The van der Waals surface area contributed by atoms with Crippen molar-refractivity contribution in [2.45, 2.75) is 96.8 Å². The Labute approximate surface area is 476 Å². The maximum Gasteiger partial charge on any atom is 0.222 e. The second-order valence-electron chi connectivity index (χ2n) is 21.8. The second kappa shape index (κ2) is 24.1. The molecule has 22 heteroatoms. The summed E-state index contributed by atoms with van der Waals surface area (Å²) in [5, 5.41) is 2.93. The summed E-state index contributed by atoms with van der Waals surface area (Å²) in [6.45, 7) is 10.6. The SMILES string of the molecule is CC1COc2c(F)c(F)cc3c(=O)c(CN(Cc4ccncc4)C4CCCN(c5ccc(N)nc5)C4)cn1c23.COc1cc(CN(Cc2cn3c4c(c(F)c(F)cc4c2=O)OCC3C)C2CCCN(c3ccc(NC(C)=O)nc3)C2)ccn1. The van der Waals surface area contributed by atoms with Crippen LogP contribution in [0.4, 0.5) is 40.6 Å². The van der Waals surface area contributed by atoms with Crippen molar-refractivity contribution in [3.05, 3.63) is 170 Å². The number of hydrogen-bond donors (Lipinski definition) is 2. The first-order valence-corrected chi connectivity index (χ1v) is 27.8. The van der Waals surface area contributed by atoms with Gasteiger partial charge in [-0.3, -0.25) is 29.2 Å². The van der Waals surface area contributed by atoms with E-state index in [0.717, 1.165) is 80.0 Å². The van der Waals surface area contributed by atoms with Crippen LogP contribution in [0, 0.1) is 23.3 Å². The maximum absolute atomic E-state index is 14.7. The van der Waals surface area contributed by atoms with Crippen molar-refractivity contribution in [1.82, 2.24) is 38.9 Å². The summed E-state index contributed by atoms with van der Waals surface area (Å²) in [6, 6.07) is 17.1. The molecule has 18 nitrogen and oxygen atoms in total. The molecule has 4 aliphatic heterocycles. The van der Waals surface area contributed by atoms with Gasteiger partial charge in [0.15, 0.2) is 34.0 Å². The number of nitrogens with two attached hydrogens (primary N) is 1. The number of ether oxygens (including phenoxy) is 3. The van der Waals surface area contributed by atoms with Crippen molar-refractivity contribution in [2.24, 2.45) is 0 Å². The van der Waals surface area contributed by atoms with E-state index in [4.69, 9.17) is 19.9 Å². The highest BCUT2D eigenvalue weighted by molar-refractivity contribution is 5.88. The number of nitrogens with zero attached hydrogens (tertiary/aromatic N) is 10.